The van der Waals surface area contributed by atoms with Gasteiger partial charge in [-0.25, -0.2) is 8.42 Å². The third kappa shape index (κ3) is 3.55. The summed E-state index contributed by atoms with van der Waals surface area (Å²) in [5.41, 5.74) is 0. The summed E-state index contributed by atoms with van der Waals surface area (Å²) in [5, 5.41) is 18.3. The summed E-state index contributed by atoms with van der Waals surface area (Å²) >= 11 is 0. The van der Waals surface area contributed by atoms with Gasteiger partial charge in [0.05, 0.1) is 29.9 Å². The Bertz CT molecular complexity index is 517. The number of carboxylic acid groups (broad SMARTS) is 1. The van der Waals surface area contributed by atoms with Gasteiger partial charge in [0.25, 0.3) is 0 Å². The average Bonchev–Trinajstić information content (AvgIpc) is 3.01. The number of aliphatic hydroxyl groups is 1. The lowest BCUT2D eigenvalue weighted by atomic mass is 9.94. The van der Waals surface area contributed by atoms with Crippen LogP contribution in [0.4, 0.5) is 0 Å². The van der Waals surface area contributed by atoms with E-state index in [0.29, 0.717) is 25.7 Å². The number of nitrogens with zero attached hydrogens (tertiary/aromatic N) is 1. The first kappa shape index (κ1) is 16.2. The van der Waals surface area contributed by atoms with Gasteiger partial charge in [-0.3, -0.25) is 9.59 Å². The third-order valence-electron chi connectivity index (χ3n) is 4.42. The molecule has 8 heteroatoms. The van der Waals surface area contributed by atoms with Crippen molar-refractivity contribution in [3.63, 3.8) is 0 Å². The van der Waals surface area contributed by atoms with Crippen LogP contribution in [-0.4, -0.2) is 66.1 Å². The van der Waals surface area contributed by atoms with E-state index in [1.807, 2.05) is 0 Å². The van der Waals surface area contributed by atoms with Gasteiger partial charge in [0.15, 0.2) is 9.84 Å². The highest BCUT2D eigenvalue weighted by molar-refractivity contribution is 7.91. The van der Waals surface area contributed by atoms with Gasteiger partial charge in [0.2, 0.25) is 5.91 Å². The highest BCUT2D eigenvalue weighted by Crippen LogP contribution is 2.34. The summed E-state index contributed by atoms with van der Waals surface area (Å²) in [5.74, 6) is -2.65. The topological polar surface area (TPSA) is 112 Å². The molecule has 0 radical (unpaired) electrons. The number of hydrogen-bond donors (Lipinski definition) is 2. The van der Waals surface area contributed by atoms with Crippen molar-refractivity contribution in [2.24, 2.45) is 11.8 Å². The predicted octanol–water partition coefficient (Wildman–Crippen LogP) is -0.505. The maximum atomic E-state index is 12.6. The zero-order valence-electron chi connectivity index (χ0n) is 11.8. The van der Waals surface area contributed by atoms with E-state index >= 15 is 0 Å². The van der Waals surface area contributed by atoms with Crippen molar-refractivity contribution in [1.29, 1.82) is 0 Å². The van der Waals surface area contributed by atoms with Gasteiger partial charge in [-0.1, -0.05) is 6.42 Å². The summed E-state index contributed by atoms with van der Waals surface area (Å²) in [6.45, 7) is -0.200. The van der Waals surface area contributed by atoms with Gasteiger partial charge in [-0.2, -0.15) is 0 Å². The molecule has 0 spiro atoms. The Morgan fingerprint density at radius 2 is 1.81 bits per heavy atom. The molecular weight excluding hydrogens is 298 g/mol. The van der Waals surface area contributed by atoms with Crippen LogP contribution in [0.5, 0.6) is 0 Å². The van der Waals surface area contributed by atoms with E-state index < -0.39 is 33.7 Å². The molecule has 2 rings (SSSR count). The second-order valence-corrected chi connectivity index (χ2v) is 8.02. The van der Waals surface area contributed by atoms with Gasteiger partial charge in [0, 0.05) is 12.6 Å². The van der Waals surface area contributed by atoms with Crippen LogP contribution in [0.3, 0.4) is 0 Å². The van der Waals surface area contributed by atoms with E-state index in [0.717, 1.165) is 0 Å². The quantitative estimate of drug-likeness (QED) is 0.706. The number of carbonyl (C=O) groups excluding carboxylic acids is 1. The zero-order valence-corrected chi connectivity index (χ0v) is 12.6. The van der Waals surface area contributed by atoms with Crippen LogP contribution in [0.15, 0.2) is 0 Å². The Morgan fingerprint density at radius 1 is 1.14 bits per heavy atom. The molecule has 0 bridgehead atoms. The molecule has 3 unspecified atom stereocenters. The fourth-order valence-corrected chi connectivity index (χ4v) is 5.10. The van der Waals surface area contributed by atoms with Gasteiger partial charge in [0.1, 0.15) is 0 Å². The molecule has 120 valence electrons. The molecule has 1 amide bonds. The van der Waals surface area contributed by atoms with E-state index in [1.54, 1.807) is 0 Å². The standard InChI is InChI=1S/C13H21NO6S/c15-6-5-14(9-4-7-21(19,20)8-9)12(16)10-2-1-3-11(10)13(17)18/h9-11,15H,1-8H2,(H,17,18). The van der Waals surface area contributed by atoms with Crippen molar-refractivity contribution in [3.8, 4) is 0 Å². The lowest BCUT2D eigenvalue weighted by Gasteiger charge is -2.31. The second-order valence-electron chi connectivity index (χ2n) is 5.79. The molecule has 0 aromatic rings. The fourth-order valence-electron chi connectivity index (χ4n) is 3.37. The molecule has 1 aliphatic heterocycles. The molecule has 7 nitrogen and oxygen atoms in total. The summed E-state index contributed by atoms with van der Waals surface area (Å²) in [6.07, 6.45) is 2.03. The SMILES string of the molecule is O=C(O)C1CCCC1C(=O)N(CCO)C1CCS(=O)(=O)C1. The van der Waals surface area contributed by atoms with E-state index in [4.69, 9.17) is 5.11 Å². The number of aliphatic carboxylic acids is 1. The first-order chi connectivity index (χ1) is 9.85. The number of sulfone groups is 1. The highest BCUT2D eigenvalue weighted by Gasteiger charge is 2.43. The Morgan fingerprint density at radius 3 is 2.33 bits per heavy atom. The van der Waals surface area contributed by atoms with Gasteiger partial charge >= 0.3 is 5.97 Å². The Balaban J connectivity index is 2.14. The number of amides is 1. The lowest BCUT2D eigenvalue weighted by molar-refractivity contribution is -0.150. The monoisotopic (exact) mass is 319 g/mol. The summed E-state index contributed by atoms with van der Waals surface area (Å²) in [6, 6.07) is -0.440. The molecule has 3 atom stereocenters. The molecule has 1 saturated heterocycles. The minimum absolute atomic E-state index is 0.0416. The first-order valence-electron chi connectivity index (χ1n) is 7.20. The average molecular weight is 319 g/mol. The number of carboxylic acids is 1. The lowest BCUT2D eigenvalue weighted by Crippen LogP contribution is -2.47. The number of hydrogen-bond acceptors (Lipinski definition) is 5. The van der Waals surface area contributed by atoms with Crippen LogP contribution in [-0.2, 0) is 19.4 Å². The third-order valence-corrected chi connectivity index (χ3v) is 6.17. The molecule has 2 aliphatic rings. The highest BCUT2D eigenvalue weighted by atomic mass is 32.2. The van der Waals surface area contributed by atoms with Crippen LogP contribution in [0, 0.1) is 11.8 Å². The van der Waals surface area contributed by atoms with E-state index in [1.165, 1.54) is 4.90 Å². The predicted molar refractivity (Wildman–Crippen MR) is 74.3 cm³/mol. The van der Waals surface area contributed by atoms with Crippen LogP contribution in [0.25, 0.3) is 0 Å². The molecule has 21 heavy (non-hydrogen) atoms. The molecule has 1 aliphatic carbocycles. The van der Waals surface area contributed by atoms with Crippen molar-refractivity contribution in [2.45, 2.75) is 31.7 Å². The number of carbonyl (C=O) groups is 2. The Hall–Kier alpha value is -1.15. The van der Waals surface area contributed by atoms with Crippen LogP contribution in [0.2, 0.25) is 0 Å². The van der Waals surface area contributed by atoms with Gasteiger partial charge < -0.3 is 15.1 Å². The van der Waals surface area contributed by atoms with Crippen LogP contribution in [0.1, 0.15) is 25.7 Å². The normalized spacial score (nSPS) is 31.2. The zero-order chi connectivity index (χ0) is 15.6. The van der Waals surface area contributed by atoms with Gasteiger partial charge in [-0.15, -0.1) is 0 Å². The first-order valence-corrected chi connectivity index (χ1v) is 9.02. The van der Waals surface area contributed by atoms with Crippen LogP contribution >= 0.6 is 0 Å². The Labute approximate surface area is 123 Å². The fraction of sp³-hybridized carbons (Fsp3) is 0.846. The maximum Gasteiger partial charge on any atom is 0.307 e. The second kappa shape index (κ2) is 6.31. The largest absolute Gasteiger partial charge is 0.481 e. The molecule has 1 heterocycles. The van der Waals surface area contributed by atoms with E-state index in [-0.39, 0.29) is 30.6 Å². The number of aliphatic hydroxyl groups excluding tert-OH is 1. The molecule has 2 fully saturated rings. The smallest absolute Gasteiger partial charge is 0.307 e. The molecule has 0 aromatic carbocycles. The molecular formula is C13H21NO6S. The molecule has 0 aromatic heterocycles. The van der Waals surface area contributed by atoms with Crippen molar-refractivity contribution in [2.75, 3.05) is 24.7 Å². The summed E-state index contributed by atoms with van der Waals surface area (Å²) in [7, 11) is -3.14. The van der Waals surface area contributed by atoms with Crippen molar-refractivity contribution < 1.29 is 28.2 Å². The van der Waals surface area contributed by atoms with Crippen molar-refractivity contribution in [1.82, 2.24) is 4.90 Å². The molecule has 2 N–H and O–H groups in total. The van der Waals surface area contributed by atoms with E-state index in [2.05, 4.69) is 0 Å². The maximum absolute atomic E-state index is 12.6. The van der Waals surface area contributed by atoms with Crippen molar-refractivity contribution >= 4 is 21.7 Å². The van der Waals surface area contributed by atoms with E-state index in [9.17, 15) is 23.1 Å². The summed E-state index contributed by atoms with van der Waals surface area (Å²) in [4.78, 5) is 25.2. The minimum atomic E-state index is -3.14. The minimum Gasteiger partial charge on any atom is -0.481 e. The van der Waals surface area contributed by atoms with Crippen LogP contribution < -0.4 is 0 Å². The Kier molecular flexibility index (Phi) is 4.88. The summed E-state index contributed by atoms with van der Waals surface area (Å²) < 4.78 is 23.1. The van der Waals surface area contributed by atoms with Gasteiger partial charge in [-0.05, 0) is 19.3 Å². The molecule has 1 saturated carbocycles. The number of rotatable bonds is 5. The van der Waals surface area contributed by atoms with Crippen molar-refractivity contribution in [3.05, 3.63) is 0 Å².